The molecule has 0 saturated carbocycles. The number of para-hydroxylation sites is 1. The van der Waals surface area contributed by atoms with Gasteiger partial charge in [0.25, 0.3) is 11.8 Å². The Morgan fingerprint density at radius 3 is 2.45 bits per heavy atom. The highest BCUT2D eigenvalue weighted by Gasteiger charge is 2.28. The van der Waals surface area contributed by atoms with Gasteiger partial charge in [0.05, 0.1) is 12.3 Å². The average molecular weight is 579 g/mol. The quantitative estimate of drug-likeness (QED) is 0.488. The first-order chi connectivity index (χ1) is 20.6. The Bertz CT molecular complexity index is 1190. The molecule has 2 aromatic rings. The molecule has 5 rings (SSSR count). The van der Waals surface area contributed by atoms with Crippen LogP contribution < -0.4 is 14.5 Å². The monoisotopic (exact) mass is 578 g/mol. The van der Waals surface area contributed by atoms with Crippen LogP contribution in [0.25, 0.3) is 0 Å². The lowest BCUT2D eigenvalue weighted by atomic mass is 10.1. The molecule has 0 spiro atoms. The fourth-order valence-electron chi connectivity index (χ4n) is 6.47. The van der Waals surface area contributed by atoms with Crippen LogP contribution in [0.5, 0.6) is 5.75 Å². The molecule has 9 heteroatoms. The third kappa shape index (κ3) is 7.25. The summed E-state index contributed by atoms with van der Waals surface area (Å²) >= 11 is 0. The van der Waals surface area contributed by atoms with E-state index in [9.17, 15) is 9.59 Å². The molecule has 9 nitrogen and oxygen atoms in total. The smallest absolute Gasteiger partial charge is 0.254 e. The molecule has 228 valence electrons. The van der Waals surface area contributed by atoms with Gasteiger partial charge in [-0.2, -0.15) is 0 Å². The van der Waals surface area contributed by atoms with Crippen LogP contribution in [0, 0.1) is 0 Å². The van der Waals surface area contributed by atoms with Gasteiger partial charge in [-0.25, -0.2) is 0 Å². The number of ether oxygens (including phenoxy) is 3. The third-order valence-corrected chi connectivity index (χ3v) is 8.64. The first-order valence-electron chi connectivity index (χ1n) is 15.6. The van der Waals surface area contributed by atoms with Gasteiger partial charge in [-0.1, -0.05) is 18.2 Å². The van der Waals surface area contributed by atoms with Gasteiger partial charge in [-0.3, -0.25) is 14.5 Å². The zero-order valence-electron chi connectivity index (χ0n) is 25.3. The summed E-state index contributed by atoms with van der Waals surface area (Å²) in [7, 11) is 1.55. The molecule has 2 saturated heterocycles. The Morgan fingerprint density at radius 2 is 1.69 bits per heavy atom. The van der Waals surface area contributed by atoms with Gasteiger partial charge in [0, 0.05) is 83.4 Å². The van der Waals surface area contributed by atoms with Crippen molar-refractivity contribution in [2.45, 2.75) is 51.6 Å². The molecule has 0 N–H and O–H groups in total. The van der Waals surface area contributed by atoms with Crippen molar-refractivity contribution >= 4 is 23.2 Å². The summed E-state index contributed by atoms with van der Waals surface area (Å²) in [6.07, 6.45) is 5.10. The lowest BCUT2D eigenvalue weighted by Crippen LogP contribution is -2.45. The van der Waals surface area contributed by atoms with Crippen LogP contribution >= 0.6 is 0 Å². The molecular weight excluding hydrogens is 532 g/mol. The second-order valence-corrected chi connectivity index (χ2v) is 11.4. The molecule has 0 aliphatic carbocycles. The number of methoxy groups -OCH3 is 1. The number of hydrogen-bond donors (Lipinski definition) is 0. The van der Waals surface area contributed by atoms with E-state index in [0.717, 1.165) is 94.2 Å². The highest BCUT2D eigenvalue weighted by Crippen LogP contribution is 2.33. The van der Waals surface area contributed by atoms with Crippen molar-refractivity contribution in [1.29, 1.82) is 0 Å². The predicted octanol–water partition coefficient (Wildman–Crippen LogP) is 4.19. The van der Waals surface area contributed by atoms with Crippen molar-refractivity contribution in [3.63, 3.8) is 0 Å². The summed E-state index contributed by atoms with van der Waals surface area (Å²) in [5.74, 6) is 0.757. The number of anilines is 2. The first-order valence-corrected chi connectivity index (χ1v) is 15.6. The Labute approximate surface area is 250 Å². The van der Waals surface area contributed by atoms with Gasteiger partial charge in [0.2, 0.25) is 0 Å². The van der Waals surface area contributed by atoms with Crippen molar-refractivity contribution in [1.82, 2.24) is 9.80 Å². The minimum atomic E-state index is -0.0681. The minimum absolute atomic E-state index is 0.00533. The number of nitrogens with zero attached hydrogens (tertiary/aromatic N) is 4. The Hall–Kier alpha value is -3.14. The number of rotatable bonds is 7. The molecular formula is C33H46N4O5. The molecule has 3 aliphatic rings. The maximum atomic E-state index is 14.3. The normalized spacial score (nSPS) is 19.3. The summed E-state index contributed by atoms with van der Waals surface area (Å²) in [5.41, 5.74) is 3.47. The van der Waals surface area contributed by atoms with Crippen LogP contribution in [0.4, 0.5) is 11.4 Å². The van der Waals surface area contributed by atoms with E-state index in [-0.39, 0.29) is 18.4 Å². The van der Waals surface area contributed by atoms with Crippen molar-refractivity contribution in [2.24, 2.45) is 0 Å². The van der Waals surface area contributed by atoms with E-state index in [1.54, 1.807) is 7.11 Å². The molecule has 0 unspecified atom stereocenters. The van der Waals surface area contributed by atoms with Crippen LogP contribution in [-0.2, 0) is 20.8 Å². The minimum Gasteiger partial charge on any atom is -0.492 e. The van der Waals surface area contributed by atoms with Crippen LogP contribution in [0.1, 0.15) is 54.9 Å². The maximum Gasteiger partial charge on any atom is 0.254 e. The van der Waals surface area contributed by atoms with Crippen LogP contribution in [-0.4, -0.2) is 100 Å². The predicted molar refractivity (Wildman–Crippen MR) is 165 cm³/mol. The highest BCUT2D eigenvalue weighted by atomic mass is 16.5. The number of hydrogen-bond acceptors (Lipinski definition) is 7. The van der Waals surface area contributed by atoms with Gasteiger partial charge in [-0.15, -0.1) is 0 Å². The second-order valence-electron chi connectivity index (χ2n) is 11.4. The second kappa shape index (κ2) is 14.8. The zero-order chi connectivity index (χ0) is 29.3. The molecule has 2 amide bonds. The summed E-state index contributed by atoms with van der Waals surface area (Å²) in [4.78, 5) is 36.2. The van der Waals surface area contributed by atoms with Crippen LogP contribution in [0.15, 0.2) is 42.5 Å². The van der Waals surface area contributed by atoms with E-state index in [1.807, 2.05) is 59.2 Å². The Balaban J connectivity index is 1.48. The molecule has 2 aromatic carbocycles. The van der Waals surface area contributed by atoms with E-state index in [1.165, 1.54) is 0 Å². The summed E-state index contributed by atoms with van der Waals surface area (Å²) in [5, 5.41) is 0. The van der Waals surface area contributed by atoms with Gasteiger partial charge >= 0.3 is 0 Å². The van der Waals surface area contributed by atoms with E-state index >= 15 is 0 Å². The Morgan fingerprint density at radius 1 is 0.905 bits per heavy atom. The van der Waals surface area contributed by atoms with E-state index in [2.05, 4.69) is 9.80 Å². The number of carbonyl (C=O) groups is 2. The zero-order valence-corrected chi connectivity index (χ0v) is 25.3. The molecule has 0 aromatic heterocycles. The number of fused-ring (bicyclic) bond motifs is 1. The van der Waals surface area contributed by atoms with Gasteiger partial charge in [-0.05, 0) is 68.9 Å². The third-order valence-electron chi connectivity index (χ3n) is 8.64. The van der Waals surface area contributed by atoms with Crippen molar-refractivity contribution in [3.05, 3.63) is 53.6 Å². The van der Waals surface area contributed by atoms with Gasteiger partial charge < -0.3 is 28.9 Å². The van der Waals surface area contributed by atoms with Gasteiger partial charge in [0.1, 0.15) is 12.4 Å². The van der Waals surface area contributed by atoms with Crippen LogP contribution in [0.3, 0.4) is 0 Å². The molecule has 0 atom stereocenters. The largest absolute Gasteiger partial charge is 0.492 e. The van der Waals surface area contributed by atoms with E-state index in [4.69, 9.17) is 14.2 Å². The summed E-state index contributed by atoms with van der Waals surface area (Å²) in [6.45, 7) is 9.31. The summed E-state index contributed by atoms with van der Waals surface area (Å²) < 4.78 is 16.9. The Kier molecular flexibility index (Phi) is 10.7. The summed E-state index contributed by atoms with van der Waals surface area (Å²) in [6, 6.07) is 14.2. The molecule has 3 heterocycles. The average Bonchev–Trinajstić information content (AvgIpc) is 3.55. The molecule has 0 bridgehead atoms. The number of benzene rings is 2. The SMILES string of the molecule is CCOc1ccc(C(=O)N2CCN(C3CCOCC3)CCCN(C(=O)COC)c3ccccc3C2)cc1N1CCCC1. The van der Waals surface area contributed by atoms with E-state index in [0.29, 0.717) is 37.8 Å². The lowest BCUT2D eigenvalue weighted by molar-refractivity contribution is -0.122. The number of amides is 2. The van der Waals surface area contributed by atoms with E-state index < -0.39 is 0 Å². The van der Waals surface area contributed by atoms with Crippen LogP contribution in [0.2, 0.25) is 0 Å². The highest BCUT2D eigenvalue weighted by molar-refractivity contribution is 5.97. The fraction of sp³-hybridized carbons (Fsp3) is 0.576. The fourth-order valence-corrected chi connectivity index (χ4v) is 6.47. The first kappa shape index (κ1) is 30.3. The standard InChI is InChI=1S/C33H46N4O5/c1-3-42-31-12-11-26(23-30(31)35-15-6-7-16-35)33(39)36-20-19-34(28-13-21-41-22-14-28)17-8-18-37(32(38)25-40-2)29-10-5-4-9-27(29)24-36/h4-5,9-12,23,28H,3,6-8,13-22,24-25H2,1-2H3. The van der Waals surface area contributed by atoms with Crippen molar-refractivity contribution in [2.75, 3.05) is 82.6 Å². The maximum absolute atomic E-state index is 14.3. The lowest BCUT2D eigenvalue weighted by Gasteiger charge is -2.36. The molecule has 0 radical (unpaired) electrons. The van der Waals surface area contributed by atoms with Gasteiger partial charge in [0.15, 0.2) is 0 Å². The molecule has 42 heavy (non-hydrogen) atoms. The van der Waals surface area contributed by atoms with Crippen molar-refractivity contribution < 1.29 is 23.8 Å². The topological polar surface area (TPSA) is 74.8 Å². The molecule has 3 aliphatic heterocycles. The number of carbonyl (C=O) groups excluding carboxylic acids is 2. The van der Waals surface area contributed by atoms with Crippen molar-refractivity contribution in [3.8, 4) is 5.75 Å². The molecule has 2 fully saturated rings.